The number of carbonyl (C=O) groups is 1. The number of thioether (sulfide) groups is 1. The van der Waals surface area contributed by atoms with Crippen LogP contribution in [-0.2, 0) is 19.4 Å². The molecule has 0 bridgehead atoms. The lowest BCUT2D eigenvalue weighted by Crippen LogP contribution is -2.36. The Hall–Kier alpha value is -2.47. The third-order valence-electron chi connectivity index (χ3n) is 5.38. The predicted octanol–water partition coefficient (Wildman–Crippen LogP) is 3.35. The first-order valence-corrected chi connectivity index (χ1v) is 13.0. The molecule has 1 aromatic heterocycles. The van der Waals surface area contributed by atoms with E-state index in [2.05, 4.69) is 11.6 Å². The summed E-state index contributed by atoms with van der Waals surface area (Å²) in [6.07, 6.45) is 3.02. The highest BCUT2D eigenvalue weighted by Gasteiger charge is 2.34. The molecule has 2 aliphatic rings. The van der Waals surface area contributed by atoms with E-state index in [-0.39, 0.29) is 27.6 Å². The number of ether oxygens (including phenoxy) is 1. The zero-order chi connectivity index (χ0) is 23.8. The molecule has 1 aromatic carbocycles. The van der Waals surface area contributed by atoms with Crippen LogP contribution in [0.25, 0.3) is 6.08 Å². The topological polar surface area (TPSA) is 93.0 Å². The van der Waals surface area contributed by atoms with Gasteiger partial charge in [0.1, 0.15) is 4.32 Å². The van der Waals surface area contributed by atoms with Crippen LogP contribution < -0.4 is 4.90 Å². The fraction of sp³-hybridized carbons (Fsp3) is 0.318. The second kappa shape index (κ2) is 9.41. The largest absolute Gasteiger partial charge is 0.420 e. The molecular weight excluding hydrogens is 482 g/mol. The monoisotopic (exact) mass is 505 g/mol. The molecule has 0 aliphatic carbocycles. The Morgan fingerprint density at radius 3 is 2.64 bits per heavy atom. The number of sulfone groups is 1. The molecule has 2 fully saturated rings. The first-order valence-electron chi connectivity index (χ1n) is 10.2. The molecule has 2 aromatic rings. The summed E-state index contributed by atoms with van der Waals surface area (Å²) in [4.78, 5) is 20.7. The van der Waals surface area contributed by atoms with E-state index in [1.54, 1.807) is 29.2 Å². The van der Waals surface area contributed by atoms with Gasteiger partial charge < -0.3 is 14.1 Å². The summed E-state index contributed by atoms with van der Waals surface area (Å²) in [5, 5.41) is -0.180. The number of aromatic nitrogens is 1. The average Bonchev–Trinajstić information content (AvgIpc) is 3.34. The Kier molecular flexibility index (Phi) is 6.76. The molecule has 0 atom stereocenters. The molecule has 3 heterocycles. The zero-order valence-electron chi connectivity index (χ0n) is 18.2. The maximum atomic E-state index is 13.6. The first-order chi connectivity index (χ1) is 15.7. The Bertz CT molecular complexity index is 1260. The SMILES string of the molecule is C=CCN1C(=O)C(=Cc2nc(S(=O)(=O)c3ccc(C)c(C)c3)c(N3CCOCC3)o2)SC1=S. The van der Waals surface area contributed by atoms with E-state index in [1.807, 2.05) is 13.8 Å². The molecule has 174 valence electrons. The molecular formula is C22H23N3O5S3. The Morgan fingerprint density at radius 1 is 1.24 bits per heavy atom. The lowest BCUT2D eigenvalue weighted by atomic mass is 10.1. The van der Waals surface area contributed by atoms with Crippen LogP contribution >= 0.6 is 24.0 Å². The van der Waals surface area contributed by atoms with Crippen molar-refractivity contribution in [2.45, 2.75) is 23.8 Å². The van der Waals surface area contributed by atoms with Crippen molar-refractivity contribution in [3.8, 4) is 0 Å². The standard InChI is InChI=1S/C22H23N3O5S3/c1-4-7-25-20(26)17(32-22(25)31)13-18-23-19(21(30-18)24-8-10-29-11-9-24)33(27,28)16-6-5-14(2)15(3)12-16/h4-6,12-13H,1,7-11H2,2-3H3. The average molecular weight is 506 g/mol. The highest BCUT2D eigenvalue weighted by molar-refractivity contribution is 8.26. The molecule has 0 spiro atoms. The van der Waals surface area contributed by atoms with E-state index in [0.29, 0.717) is 42.1 Å². The quantitative estimate of drug-likeness (QED) is 0.333. The summed E-state index contributed by atoms with van der Waals surface area (Å²) in [5.41, 5.74) is 1.85. The molecule has 0 unspecified atom stereocenters. The van der Waals surface area contributed by atoms with Crippen LogP contribution in [0, 0.1) is 13.8 Å². The summed E-state index contributed by atoms with van der Waals surface area (Å²) >= 11 is 6.38. The van der Waals surface area contributed by atoms with Crippen molar-refractivity contribution in [2.24, 2.45) is 0 Å². The van der Waals surface area contributed by atoms with Gasteiger partial charge in [-0.2, -0.15) is 4.98 Å². The fourth-order valence-electron chi connectivity index (χ4n) is 3.41. The van der Waals surface area contributed by atoms with Gasteiger partial charge in [0.05, 0.1) is 23.0 Å². The summed E-state index contributed by atoms with van der Waals surface area (Å²) in [5.74, 6) is -0.128. The summed E-state index contributed by atoms with van der Waals surface area (Å²) in [6.45, 7) is 9.52. The van der Waals surface area contributed by atoms with Gasteiger partial charge in [-0.05, 0) is 37.1 Å². The predicted molar refractivity (Wildman–Crippen MR) is 131 cm³/mol. The van der Waals surface area contributed by atoms with E-state index in [9.17, 15) is 13.2 Å². The van der Waals surface area contributed by atoms with E-state index >= 15 is 0 Å². The van der Waals surface area contributed by atoms with Crippen molar-refractivity contribution in [2.75, 3.05) is 37.7 Å². The fourth-order valence-corrected chi connectivity index (χ4v) is 6.06. The van der Waals surface area contributed by atoms with Crippen LogP contribution in [0.2, 0.25) is 0 Å². The summed E-state index contributed by atoms with van der Waals surface area (Å²) in [7, 11) is -3.97. The molecule has 1 amide bonds. The minimum Gasteiger partial charge on any atom is -0.420 e. The number of benzene rings is 1. The number of nitrogens with zero attached hydrogens (tertiary/aromatic N) is 3. The molecule has 0 N–H and O–H groups in total. The van der Waals surface area contributed by atoms with Gasteiger partial charge >= 0.3 is 0 Å². The molecule has 4 rings (SSSR count). The van der Waals surface area contributed by atoms with Crippen LogP contribution in [0.3, 0.4) is 0 Å². The number of anilines is 1. The zero-order valence-corrected chi connectivity index (χ0v) is 20.7. The van der Waals surface area contributed by atoms with Gasteiger partial charge in [-0.1, -0.05) is 36.1 Å². The van der Waals surface area contributed by atoms with E-state index in [0.717, 1.165) is 22.9 Å². The smallest absolute Gasteiger partial charge is 0.266 e. The van der Waals surface area contributed by atoms with Crippen molar-refractivity contribution in [3.63, 3.8) is 0 Å². The van der Waals surface area contributed by atoms with Gasteiger partial charge in [-0.3, -0.25) is 9.69 Å². The highest BCUT2D eigenvalue weighted by atomic mass is 32.2. The Balaban J connectivity index is 1.78. The number of aryl methyl sites for hydroxylation is 2. The third kappa shape index (κ3) is 4.63. The van der Waals surface area contributed by atoms with Gasteiger partial charge in [0, 0.05) is 25.7 Å². The number of amides is 1. The van der Waals surface area contributed by atoms with E-state index < -0.39 is 9.84 Å². The van der Waals surface area contributed by atoms with Gasteiger partial charge in [0.25, 0.3) is 5.91 Å². The highest BCUT2D eigenvalue weighted by Crippen LogP contribution is 2.36. The maximum Gasteiger partial charge on any atom is 0.266 e. The molecule has 33 heavy (non-hydrogen) atoms. The first kappa shape index (κ1) is 23.7. The van der Waals surface area contributed by atoms with Crippen LogP contribution in [0.5, 0.6) is 0 Å². The molecule has 0 radical (unpaired) electrons. The van der Waals surface area contributed by atoms with Crippen molar-refractivity contribution in [1.82, 2.24) is 9.88 Å². The van der Waals surface area contributed by atoms with Crippen LogP contribution in [0.1, 0.15) is 17.0 Å². The number of thiocarbonyl (C=S) groups is 1. The lowest BCUT2D eigenvalue weighted by molar-refractivity contribution is -0.121. The summed E-state index contributed by atoms with van der Waals surface area (Å²) in [6, 6.07) is 4.96. The number of carbonyl (C=O) groups excluding carboxylic acids is 1. The minimum absolute atomic E-state index is 0.0259. The van der Waals surface area contributed by atoms with Crippen molar-refractivity contribution in [1.29, 1.82) is 0 Å². The number of oxazole rings is 1. The second-order valence-corrected chi connectivity index (χ2v) is 11.1. The van der Waals surface area contributed by atoms with E-state index in [4.69, 9.17) is 21.4 Å². The second-order valence-electron chi connectivity index (χ2n) is 7.59. The number of hydrogen-bond donors (Lipinski definition) is 0. The van der Waals surface area contributed by atoms with Crippen molar-refractivity contribution in [3.05, 3.63) is 52.8 Å². The lowest BCUT2D eigenvalue weighted by Gasteiger charge is -2.26. The van der Waals surface area contributed by atoms with Gasteiger partial charge in [0.2, 0.25) is 26.6 Å². The minimum atomic E-state index is -3.97. The van der Waals surface area contributed by atoms with Crippen LogP contribution in [-0.4, -0.2) is 61.4 Å². The van der Waals surface area contributed by atoms with Crippen LogP contribution in [0.4, 0.5) is 5.88 Å². The molecule has 11 heteroatoms. The molecule has 8 nitrogen and oxygen atoms in total. The van der Waals surface area contributed by atoms with E-state index in [1.165, 1.54) is 11.0 Å². The Labute approximate surface area is 202 Å². The molecule has 0 saturated carbocycles. The summed E-state index contributed by atoms with van der Waals surface area (Å²) < 4.78 is 38.8. The normalized spacial score (nSPS) is 18.4. The molecule has 2 aliphatic heterocycles. The van der Waals surface area contributed by atoms with Gasteiger partial charge in [-0.15, -0.1) is 6.58 Å². The number of hydrogen-bond acceptors (Lipinski definition) is 9. The number of rotatable bonds is 6. The van der Waals surface area contributed by atoms with Crippen molar-refractivity contribution >= 4 is 56.0 Å². The molecule has 2 saturated heterocycles. The maximum absolute atomic E-state index is 13.6. The van der Waals surface area contributed by atoms with Crippen molar-refractivity contribution < 1.29 is 22.4 Å². The van der Waals surface area contributed by atoms with Crippen LogP contribution in [0.15, 0.2) is 50.1 Å². The Morgan fingerprint density at radius 2 is 1.97 bits per heavy atom. The third-order valence-corrected chi connectivity index (χ3v) is 8.40. The van der Waals surface area contributed by atoms with Gasteiger partial charge in [-0.25, -0.2) is 8.42 Å². The number of morpholine rings is 1. The van der Waals surface area contributed by atoms with Gasteiger partial charge in [0.15, 0.2) is 0 Å².